The molecule has 0 aromatic carbocycles. The average molecular weight is 245 g/mol. The van der Waals surface area contributed by atoms with Gasteiger partial charge in [0.05, 0.1) is 18.6 Å². The molecule has 0 heterocycles. The van der Waals surface area contributed by atoms with Gasteiger partial charge in [-0.05, 0) is 19.3 Å². The largest absolute Gasteiger partial charge is 0.465 e. The van der Waals surface area contributed by atoms with E-state index in [0.29, 0.717) is 12.5 Å². The van der Waals surface area contributed by atoms with Gasteiger partial charge in [0.2, 0.25) is 0 Å². The Balaban J connectivity index is 3.88. The molecule has 4 heteroatoms. The molecule has 0 aliphatic carbocycles. The third-order valence-corrected chi connectivity index (χ3v) is 2.99. The highest BCUT2D eigenvalue weighted by Crippen LogP contribution is 2.14. The fourth-order valence-corrected chi connectivity index (χ4v) is 1.54. The number of carbonyl (C=O) groups is 1. The van der Waals surface area contributed by atoms with E-state index in [1.54, 1.807) is 6.92 Å². The minimum Gasteiger partial charge on any atom is -0.465 e. The van der Waals surface area contributed by atoms with E-state index >= 15 is 0 Å². The van der Waals surface area contributed by atoms with Crippen LogP contribution in [0.5, 0.6) is 0 Å². The summed E-state index contributed by atoms with van der Waals surface area (Å²) >= 11 is 0. The predicted molar refractivity (Wildman–Crippen MR) is 68.6 cm³/mol. The molecule has 0 spiro atoms. The highest BCUT2D eigenvalue weighted by molar-refractivity contribution is 5.70. The quantitative estimate of drug-likeness (QED) is 0.608. The van der Waals surface area contributed by atoms with Crippen LogP contribution >= 0.6 is 0 Å². The lowest BCUT2D eigenvalue weighted by Gasteiger charge is -2.21. The summed E-state index contributed by atoms with van der Waals surface area (Å²) in [6.45, 7) is 6.31. The fourth-order valence-electron chi connectivity index (χ4n) is 1.54. The van der Waals surface area contributed by atoms with Gasteiger partial charge in [0.15, 0.2) is 0 Å². The molecule has 0 aromatic rings. The summed E-state index contributed by atoms with van der Waals surface area (Å²) in [7, 11) is 0. The summed E-state index contributed by atoms with van der Waals surface area (Å²) < 4.78 is 5.18. The Morgan fingerprint density at radius 3 is 2.59 bits per heavy atom. The van der Waals surface area contributed by atoms with E-state index in [1.165, 1.54) is 0 Å². The van der Waals surface area contributed by atoms with Crippen LogP contribution < -0.4 is 5.73 Å². The molecule has 3 N–H and O–H groups in total. The SMILES string of the molecule is CCCCC(CC)COC(=O)CC(C)(O)CN. The topological polar surface area (TPSA) is 72.5 Å². The van der Waals surface area contributed by atoms with Crippen LogP contribution in [0.3, 0.4) is 0 Å². The second kappa shape index (κ2) is 8.48. The molecule has 0 aromatic heterocycles. The second-order valence-electron chi connectivity index (χ2n) is 4.98. The predicted octanol–water partition coefficient (Wildman–Crippen LogP) is 1.85. The normalized spacial score (nSPS) is 16.3. The number of rotatable bonds is 9. The van der Waals surface area contributed by atoms with Crippen LogP contribution in [0, 0.1) is 5.92 Å². The number of hydrogen-bond acceptors (Lipinski definition) is 4. The van der Waals surface area contributed by atoms with Crippen LogP contribution in [0.1, 0.15) is 52.9 Å². The zero-order chi connectivity index (χ0) is 13.3. The molecule has 0 aliphatic heterocycles. The van der Waals surface area contributed by atoms with Crippen molar-refractivity contribution in [3.05, 3.63) is 0 Å². The van der Waals surface area contributed by atoms with Gasteiger partial charge in [0.25, 0.3) is 0 Å². The number of esters is 1. The molecule has 0 rings (SSSR count). The first kappa shape index (κ1) is 16.4. The Labute approximate surface area is 105 Å². The molecule has 0 saturated heterocycles. The maximum atomic E-state index is 11.5. The molecule has 17 heavy (non-hydrogen) atoms. The Morgan fingerprint density at radius 1 is 1.47 bits per heavy atom. The van der Waals surface area contributed by atoms with Crippen molar-refractivity contribution in [1.29, 1.82) is 0 Å². The number of aliphatic hydroxyl groups is 1. The monoisotopic (exact) mass is 245 g/mol. The van der Waals surface area contributed by atoms with E-state index in [4.69, 9.17) is 10.5 Å². The summed E-state index contributed by atoms with van der Waals surface area (Å²) in [5, 5.41) is 9.63. The minimum absolute atomic E-state index is 0.0340. The Hall–Kier alpha value is -0.610. The molecule has 0 saturated carbocycles. The van der Waals surface area contributed by atoms with Crippen LogP contribution in [-0.2, 0) is 9.53 Å². The van der Waals surface area contributed by atoms with E-state index in [0.717, 1.165) is 25.7 Å². The second-order valence-corrected chi connectivity index (χ2v) is 4.98. The molecule has 4 nitrogen and oxygen atoms in total. The van der Waals surface area contributed by atoms with Gasteiger partial charge in [-0.25, -0.2) is 0 Å². The Bertz CT molecular complexity index is 217. The first-order chi connectivity index (χ1) is 7.95. The van der Waals surface area contributed by atoms with Crippen LogP contribution in [0.25, 0.3) is 0 Å². The summed E-state index contributed by atoms with van der Waals surface area (Å²) in [6.07, 6.45) is 4.39. The summed E-state index contributed by atoms with van der Waals surface area (Å²) in [6, 6.07) is 0. The first-order valence-corrected chi connectivity index (χ1v) is 6.53. The number of hydrogen-bond donors (Lipinski definition) is 2. The smallest absolute Gasteiger partial charge is 0.308 e. The van der Waals surface area contributed by atoms with Crippen molar-refractivity contribution in [3.63, 3.8) is 0 Å². The van der Waals surface area contributed by atoms with Crippen LogP contribution in [0.4, 0.5) is 0 Å². The maximum Gasteiger partial charge on any atom is 0.308 e. The third-order valence-electron chi connectivity index (χ3n) is 2.99. The lowest BCUT2D eigenvalue weighted by atomic mass is 10.0. The Morgan fingerprint density at radius 2 is 2.12 bits per heavy atom. The molecular formula is C13H27NO3. The van der Waals surface area contributed by atoms with Crippen molar-refractivity contribution < 1.29 is 14.6 Å². The van der Waals surface area contributed by atoms with Crippen molar-refractivity contribution in [3.8, 4) is 0 Å². The molecular weight excluding hydrogens is 218 g/mol. The van der Waals surface area contributed by atoms with Crippen LogP contribution in [0.2, 0.25) is 0 Å². The average Bonchev–Trinajstić information content (AvgIpc) is 2.29. The molecule has 0 fully saturated rings. The zero-order valence-electron chi connectivity index (χ0n) is 11.4. The van der Waals surface area contributed by atoms with Gasteiger partial charge in [-0.3, -0.25) is 4.79 Å². The van der Waals surface area contributed by atoms with E-state index in [1.807, 2.05) is 0 Å². The number of ether oxygens (including phenoxy) is 1. The van der Waals surface area contributed by atoms with Crippen molar-refractivity contribution >= 4 is 5.97 Å². The van der Waals surface area contributed by atoms with Crippen LogP contribution in [0.15, 0.2) is 0 Å². The number of nitrogens with two attached hydrogens (primary N) is 1. The van der Waals surface area contributed by atoms with Gasteiger partial charge in [-0.2, -0.15) is 0 Å². The molecule has 102 valence electrons. The highest BCUT2D eigenvalue weighted by atomic mass is 16.5. The van der Waals surface area contributed by atoms with Crippen molar-refractivity contribution in [2.24, 2.45) is 11.7 Å². The molecule has 0 amide bonds. The van der Waals surface area contributed by atoms with E-state index in [9.17, 15) is 9.90 Å². The van der Waals surface area contributed by atoms with E-state index < -0.39 is 5.60 Å². The van der Waals surface area contributed by atoms with Gasteiger partial charge < -0.3 is 15.6 Å². The number of carbonyl (C=O) groups excluding carboxylic acids is 1. The van der Waals surface area contributed by atoms with Gasteiger partial charge in [-0.1, -0.05) is 33.1 Å². The standard InChI is InChI=1S/C13H27NO3/c1-4-6-7-11(5-2)9-17-12(15)8-13(3,16)10-14/h11,16H,4-10,14H2,1-3H3. The lowest BCUT2D eigenvalue weighted by Crippen LogP contribution is -2.37. The summed E-state index contributed by atoms with van der Waals surface area (Å²) in [5.41, 5.74) is 4.19. The lowest BCUT2D eigenvalue weighted by molar-refractivity contribution is -0.149. The molecule has 2 unspecified atom stereocenters. The van der Waals surface area contributed by atoms with Gasteiger partial charge in [-0.15, -0.1) is 0 Å². The van der Waals surface area contributed by atoms with Crippen molar-refractivity contribution in [1.82, 2.24) is 0 Å². The van der Waals surface area contributed by atoms with Crippen LogP contribution in [-0.4, -0.2) is 29.8 Å². The molecule has 0 aliphatic rings. The molecule has 0 radical (unpaired) electrons. The molecule has 2 atom stereocenters. The molecule has 0 bridgehead atoms. The summed E-state index contributed by atoms with van der Waals surface area (Å²) in [4.78, 5) is 11.5. The van der Waals surface area contributed by atoms with Gasteiger partial charge >= 0.3 is 5.97 Å². The fraction of sp³-hybridized carbons (Fsp3) is 0.923. The van der Waals surface area contributed by atoms with Gasteiger partial charge in [0.1, 0.15) is 0 Å². The summed E-state index contributed by atoms with van der Waals surface area (Å²) in [5.74, 6) is 0.0668. The zero-order valence-corrected chi connectivity index (χ0v) is 11.4. The number of unbranched alkanes of at least 4 members (excludes halogenated alkanes) is 1. The van der Waals surface area contributed by atoms with E-state index in [-0.39, 0.29) is 18.9 Å². The van der Waals surface area contributed by atoms with Crippen molar-refractivity contribution in [2.75, 3.05) is 13.2 Å². The Kier molecular flexibility index (Phi) is 8.17. The van der Waals surface area contributed by atoms with Gasteiger partial charge in [0, 0.05) is 6.54 Å². The first-order valence-electron chi connectivity index (χ1n) is 6.53. The van der Waals surface area contributed by atoms with E-state index in [2.05, 4.69) is 13.8 Å². The third kappa shape index (κ3) is 8.16. The highest BCUT2D eigenvalue weighted by Gasteiger charge is 2.23. The van der Waals surface area contributed by atoms with Crippen molar-refractivity contribution in [2.45, 2.75) is 58.5 Å². The minimum atomic E-state index is -1.15. The maximum absolute atomic E-state index is 11.5.